The fourth-order valence-electron chi connectivity index (χ4n) is 9.31. The molecule has 0 fully saturated rings. The SMILES string of the molecule is c1ccc(-c2cc(-c3ccccc3)c3c4ccccc4c4cc(N(c5ccccc5)c5ccc6c7c(cccc57)CC6)ccc4c3c2-c2ccccc2)cc1. The number of anilines is 3. The van der Waals surface area contributed by atoms with E-state index in [2.05, 4.69) is 205 Å². The van der Waals surface area contributed by atoms with Crippen LogP contribution in [0.3, 0.4) is 0 Å². The molecule has 258 valence electrons. The number of para-hydroxylation sites is 1. The third-order valence-electron chi connectivity index (χ3n) is 11.7. The molecule has 1 nitrogen and oxygen atoms in total. The van der Waals surface area contributed by atoms with Gasteiger partial charge in [0.15, 0.2) is 0 Å². The molecule has 0 saturated heterocycles. The molecule has 0 radical (unpaired) electrons. The standard InChI is InChI=1S/C54H37N/c1-5-16-36(17-6-1)47-35-48(37-18-7-2-8-19-37)53-44-26-14-13-25-43(44)49-34-42(31-32-45(49)54(53)52(47)38-20-9-3-10-21-38)55(41-23-11-4-12-24-41)50-33-30-40-29-28-39-22-15-27-46(50)51(39)40/h1-27,30-35H,28-29H2. The van der Waals surface area contributed by atoms with Gasteiger partial charge in [-0.3, -0.25) is 0 Å². The fourth-order valence-corrected chi connectivity index (χ4v) is 9.31. The van der Waals surface area contributed by atoms with E-state index in [1.165, 1.54) is 93.3 Å². The van der Waals surface area contributed by atoms with Gasteiger partial charge < -0.3 is 4.90 Å². The Balaban J connectivity index is 1.29. The molecule has 0 atom stereocenters. The van der Waals surface area contributed by atoms with Gasteiger partial charge in [-0.05, 0) is 131 Å². The van der Waals surface area contributed by atoms with Gasteiger partial charge in [-0.1, -0.05) is 164 Å². The lowest BCUT2D eigenvalue weighted by Crippen LogP contribution is -2.10. The van der Waals surface area contributed by atoms with Crippen molar-refractivity contribution >= 4 is 60.2 Å². The van der Waals surface area contributed by atoms with Crippen LogP contribution in [0.25, 0.3) is 76.5 Å². The van der Waals surface area contributed by atoms with Crippen LogP contribution < -0.4 is 4.90 Å². The van der Waals surface area contributed by atoms with Gasteiger partial charge in [0.2, 0.25) is 0 Å². The molecule has 0 spiro atoms. The Morgan fingerprint density at radius 3 is 1.58 bits per heavy atom. The minimum Gasteiger partial charge on any atom is -0.310 e. The molecule has 0 aliphatic heterocycles. The molecular formula is C54H37N. The second-order valence-corrected chi connectivity index (χ2v) is 14.7. The molecule has 1 heteroatoms. The van der Waals surface area contributed by atoms with E-state index in [4.69, 9.17) is 0 Å². The Bertz CT molecular complexity index is 3050. The van der Waals surface area contributed by atoms with Crippen LogP contribution >= 0.6 is 0 Å². The topological polar surface area (TPSA) is 3.24 Å². The van der Waals surface area contributed by atoms with E-state index in [0.29, 0.717) is 0 Å². The predicted molar refractivity (Wildman–Crippen MR) is 235 cm³/mol. The van der Waals surface area contributed by atoms with Crippen LogP contribution in [-0.4, -0.2) is 0 Å². The number of benzene rings is 10. The Kier molecular flexibility index (Phi) is 7.38. The quantitative estimate of drug-likeness (QED) is 0.156. The van der Waals surface area contributed by atoms with Crippen LogP contribution in [0, 0.1) is 0 Å². The first-order valence-electron chi connectivity index (χ1n) is 19.3. The van der Waals surface area contributed by atoms with E-state index in [1.807, 2.05) is 0 Å². The molecule has 10 aromatic rings. The highest BCUT2D eigenvalue weighted by Gasteiger charge is 2.24. The van der Waals surface area contributed by atoms with E-state index >= 15 is 0 Å². The molecule has 0 unspecified atom stereocenters. The summed E-state index contributed by atoms with van der Waals surface area (Å²) in [6, 6.07) is 73.9. The lowest BCUT2D eigenvalue weighted by atomic mass is 9.81. The number of nitrogens with zero attached hydrogens (tertiary/aromatic N) is 1. The van der Waals surface area contributed by atoms with Gasteiger partial charge in [0.05, 0.1) is 5.69 Å². The number of fused-ring (bicyclic) bond motifs is 6. The Hall–Kier alpha value is -6.96. The third kappa shape index (κ3) is 5.08. The minimum atomic E-state index is 1.11. The lowest BCUT2D eigenvalue weighted by Gasteiger charge is -2.28. The minimum absolute atomic E-state index is 1.11. The average Bonchev–Trinajstić information content (AvgIpc) is 3.69. The summed E-state index contributed by atoms with van der Waals surface area (Å²) >= 11 is 0. The van der Waals surface area contributed by atoms with Crippen molar-refractivity contribution in [2.75, 3.05) is 4.90 Å². The smallest absolute Gasteiger partial charge is 0.0540 e. The zero-order valence-corrected chi connectivity index (χ0v) is 30.4. The molecular weight excluding hydrogens is 663 g/mol. The normalized spacial score (nSPS) is 12.2. The number of rotatable bonds is 6. The molecule has 10 aromatic carbocycles. The van der Waals surface area contributed by atoms with E-state index in [9.17, 15) is 0 Å². The molecule has 0 aromatic heterocycles. The summed E-state index contributed by atoms with van der Waals surface area (Å²) in [6.45, 7) is 0. The van der Waals surface area contributed by atoms with Crippen molar-refractivity contribution < 1.29 is 0 Å². The Morgan fingerprint density at radius 2 is 0.873 bits per heavy atom. The van der Waals surface area contributed by atoms with Gasteiger partial charge in [-0.2, -0.15) is 0 Å². The van der Waals surface area contributed by atoms with E-state index < -0.39 is 0 Å². The van der Waals surface area contributed by atoms with Gasteiger partial charge in [-0.25, -0.2) is 0 Å². The molecule has 0 saturated carbocycles. The van der Waals surface area contributed by atoms with Gasteiger partial charge in [0.25, 0.3) is 0 Å². The third-order valence-corrected chi connectivity index (χ3v) is 11.7. The van der Waals surface area contributed by atoms with E-state index in [-0.39, 0.29) is 0 Å². The summed E-state index contributed by atoms with van der Waals surface area (Å²) in [5, 5.41) is 10.3. The first-order chi connectivity index (χ1) is 27.3. The monoisotopic (exact) mass is 699 g/mol. The Morgan fingerprint density at radius 1 is 0.309 bits per heavy atom. The fraction of sp³-hybridized carbons (Fsp3) is 0.0370. The molecule has 1 aliphatic rings. The van der Waals surface area contributed by atoms with Crippen LogP contribution in [0.1, 0.15) is 11.1 Å². The summed E-state index contributed by atoms with van der Waals surface area (Å²) in [7, 11) is 0. The highest BCUT2D eigenvalue weighted by Crippen LogP contribution is 2.50. The summed E-state index contributed by atoms with van der Waals surface area (Å²) < 4.78 is 0. The molecule has 0 amide bonds. The average molecular weight is 700 g/mol. The van der Waals surface area contributed by atoms with Crippen LogP contribution in [-0.2, 0) is 12.8 Å². The number of hydrogen-bond donors (Lipinski definition) is 0. The summed E-state index contributed by atoms with van der Waals surface area (Å²) in [4.78, 5) is 2.47. The second-order valence-electron chi connectivity index (χ2n) is 14.7. The summed E-state index contributed by atoms with van der Waals surface area (Å²) in [5.41, 5.74) is 13.8. The van der Waals surface area contributed by atoms with Crippen molar-refractivity contribution in [1.82, 2.24) is 0 Å². The van der Waals surface area contributed by atoms with Crippen molar-refractivity contribution in [3.63, 3.8) is 0 Å². The molecule has 0 N–H and O–H groups in total. The van der Waals surface area contributed by atoms with E-state index in [1.54, 1.807) is 0 Å². The first-order valence-corrected chi connectivity index (χ1v) is 19.3. The van der Waals surface area contributed by atoms with Crippen LogP contribution in [0.5, 0.6) is 0 Å². The molecule has 11 rings (SSSR count). The van der Waals surface area contributed by atoms with Gasteiger partial charge in [0.1, 0.15) is 0 Å². The van der Waals surface area contributed by atoms with Crippen molar-refractivity contribution in [2.45, 2.75) is 12.8 Å². The number of hydrogen-bond acceptors (Lipinski definition) is 1. The highest BCUT2D eigenvalue weighted by molar-refractivity contribution is 6.33. The zero-order valence-electron chi connectivity index (χ0n) is 30.4. The second kappa shape index (κ2) is 12.9. The van der Waals surface area contributed by atoms with Crippen LogP contribution in [0.15, 0.2) is 200 Å². The van der Waals surface area contributed by atoms with Crippen molar-refractivity contribution in [1.29, 1.82) is 0 Å². The van der Waals surface area contributed by atoms with Gasteiger partial charge in [-0.15, -0.1) is 0 Å². The largest absolute Gasteiger partial charge is 0.310 e. The van der Waals surface area contributed by atoms with Crippen LogP contribution in [0.2, 0.25) is 0 Å². The first kappa shape index (κ1) is 31.6. The predicted octanol–water partition coefficient (Wildman–Crippen LogP) is 14.9. The molecule has 0 heterocycles. The maximum absolute atomic E-state index is 2.47. The maximum Gasteiger partial charge on any atom is 0.0540 e. The van der Waals surface area contributed by atoms with Crippen molar-refractivity contribution in [3.8, 4) is 33.4 Å². The van der Waals surface area contributed by atoms with E-state index in [0.717, 1.165) is 24.2 Å². The number of aryl methyl sites for hydroxylation is 2. The van der Waals surface area contributed by atoms with Gasteiger partial charge >= 0.3 is 0 Å². The zero-order chi connectivity index (χ0) is 36.3. The summed E-state index contributed by atoms with van der Waals surface area (Å²) in [5.74, 6) is 0. The lowest BCUT2D eigenvalue weighted by molar-refractivity contribution is 1.02. The van der Waals surface area contributed by atoms with Crippen molar-refractivity contribution in [3.05, 3.63) is 211 Å². The Labute approximate surface area is 321 Å². The highest BCUT2D eigenvalue weighted by atomic mass is 15.1. The molecule has 1 aliphatic carbocycles. The maximum atomic E-state index is 2.47. The van der Waals surface area contributed by atoms with Crippen LogP contribution in [0.4, 0.5) is 17.1 Å². The molecule has 0 bridgehead atoms. The summed E-state index contributed by atoms with van der Waals surface area (Å²) in [6.07, 6.45) is 2.21. The van der Waals surface area contributed by atoms with Crippen molar-refractivity contribution in [2.24, 2.45) is 0 Å². The van der Waals surface area contributed by atoms with Gasteiger partial charge in [0, 0.05) is 16.8 Å². The molecule has 55 heavy (non-hydrogen) atoms.